The number of carbonyl (C=O) groups is 2. The number of hydrogen-bond acceptors (Lipinski definition) is 5. The molecule has 2 aromatic rings. The summed E-state index contributed by atoms with van der Waals surface area (Å²) in [6.45, 7) is 0. The second-order valence-electron chi connectivity index (χ2n) is 3.51. The first kappa shape index (κ1) is 13.0. The number of carbonyl (C=O) groups excluding carboxylic acids is 1. The lowest BCUT2D eigenvalue weighted by Gasteiger charge is -2.03. The Labute approximate surface area is 112 Å². The van der Waals surface area contributed by atoms with E-state index >= 15 is 0 Å². The largest absolute Gasteiger partial charge is 0.481 e. The Morgan fingerprint density at radius 3 is 2.63 bits per heavy atom. The molecule has 2 aromatic heterocycles. The van der Waals surface area contributed by atoms with Crippen LogP contribution in [0.5, 0.6) is 5.88 Å². The summed E-state index contributed by atoms with van der Waals surface area (Å²) in [7, 11) is 1.49. The van der Waals surface area contributed by atoms with Gasteiger partial charge in [0.25, 0.3) is 5.91 Å². The Kier molecular flexibility index (Phi) is 3.76. The van der Waals surface area contributed by atoms with E-state index in [-0.39, 0.29) is 10.8 Å². The van der Waals surface area contributed by atoms with Crippen LogP contribution in [0, 0.1) is 0 Å². The molecule has 7 heteroatoms. The maximum Gasteiger partial charge on any atom is 0.345 e. The summed E-state index contributed by atoms with van der Waals surface area (Å²) in [5.74, 6) is -0.952. The van der Waals surface area contributed by atoms with E-state index in [0.717, 1.165) is 11.3 Å². The molecule has 0 aliphatic rings. The van der Waals surface area contributed by atoms with Crippen LogP contribution in [-0.2, 0) is 0 Å². The number of amides is 1. The van der Waals surface area contributed by atoms with Gasteiger partial charge in [0.2, 0.25) is 5.88 Å². The fraction of sp³-hybridized carbons (Fsp3) is 0.0833. The second kappa shape index (κ2) is 5.49. The lowest BCUT2D eigenvalue weighted by Crippen LogP contribution is -2.11. The molecule has 0 unspecified atom stereocenters. The highest BCUT2D eigenvalue weighted by Crippen LogP contribution is 2.22. The number of aromatic nitrogens is 1. The topological polar surface area (TPSA) is 88.5 Å². The Balaban J connectivity index is 2.08. The van der Waals surface area contributed by atoms with Crippen LogP contribution in [0.1, 0.15) is 20.0 Å². The van der Waals surface area contributed by atoms with E-state index in [2.05, 4.69) is 10.3 Å². The third kappa shape index (κ3) is 3.08. The van der Waals surface area contributed by atoms with Crippen molar-refractivity contribution in [1.29, 1.82) is 0 Å². The van der Waals surface area contributed by atoms with Gasteiger partial charge in [0.05, 0.1) is 17.7 Å². The number of pyridine rings is 1. The molecule has 2 heterocycles. The van der Waals surface area contributed by atoms with E-state index in [1.807, 2.05) is 0 Å². The third-order valence-corrected chi connectivity index (χ3v) is 3.25. The molecule has 6 nitrogen and oxygen atoms in total. The molecule has 0 radical (unpaired) electrons. The van der Waals surface area contributed by atoms with Gasteiger partial charge in [0, 0.05) is 12.3 Å². The number of hydrogen-bond donors (Lipinski definition) is 2. The zero-order valence-corrected chi connectivity index (χ0v) is 10.7. The molecule has 0 aliphatic carbocycles. The van der Waals surface area contributed by atoms with Gasteiger partial charge in [-0.25, -0.2) is 9.78 Å². The van der Waals surface area contributed by atoms with Gasteiger partial charge in [-0.1, -0.05) is 0 Å². The minimum absolute atomic E-state index is 0.170. The number of methoxy groups -OCH3 is 1. The van der Waals surface area contributed by atoms with Crippen LogP contribution >= 0.6 is 11.3 Å². The molecule has 0 spiro atoms. The Hall–Kier alpha value is -2.41. The molecule has 0 bridgehead atoms. The van der Waals surface area contributed by atoms with Gasteiger partial charge in [0.1, 0.15) is 4.88 Å². The molecule has 0 fully saturated rings. The van der Waals surface area contributed by atoms with Crippen LogP contribution < -0.4 is 10.1 Å². The molecular weight excluding hydrogens is 268 g/mol. The summed E-state index contributed by atoms with van der Waals surface area (Å²) in [6.07, 6.45) is 1.39. The van der Waals surface area contributed by atoms with E-state index in [9.17, 15) is 9.59 Å². The molecule has 0 atom stereocenters. The molecule has 19 heavy (non-hydrogen) atoms. The fourth-order valence-electron chi connectivity index (χ4n) is 1.34. The first-order chi connectivity index (χ1) is 9.10. The number of ether oxygens (including phenoxy) is 1. The normalized spacial score (nSPS) is 9.95. The summed E-state index contributed by atoms with van der Waals surface area (Å²) in [5, 5.41) is 11.9. The fourth-order valence-corrected chi connectivity index (χ4v) is 2.08. The molecule has 0 aromatic carbocycles. The molecular formula is C12H10N2O4S. The van der Waals surface area contributed by atoms with Crippen LogP contribution in [0.3, 0.4) is 0 Å². The zero-order valence-electron chi connectivity index (χ0n) is 9.91. The summed E-state index contributed by atoms with van der Waals surface area (Å²) in [6, 6.07) is 6.14. The molecule has 2 N–H and O–H groups in total. The maximum absolute atomic E-state index is 11.9. The predicted molar refractivity (Wildman–Crippen MR) is 70.0 cm³/mol. The van der Waals surface area contributed by atoms with Crippen molar-refractivity contribution in [2.45, 2.75) is 0 Å². The number of carboxylic acid groups (broad SMARTS) is 1. The maximum atomic E-state index is 11.9. The highest BCUT2D eigenvalue weighted by atomic mass is 32.1. The average Bonchev–Trinajstić information content (AvgIpc) is 2.87. The average molecular weight is 278 g/mol. The molecule has 0 saturated heterocycles. The summed E-state index contributed by atoms with van der Waals surface area (Å²) in [5.41, 5.74) is 0.367. The standard InChI is InChI=1S/C12H10N2O4S/c1-18-9-4-2-7(6-13-9)11(15)14-10-5-3-8(19-10)12(16)17/h2-6H,1H3,(H,14,15)(H,16,17). The Morgan fingerprint density at radius 2 is 2.11 bits per heavy atom. The number of nitrogens with zero attached hydrogens (tertiary/aromatic N) is 1. The van der Waals surface area contributed by atoms with Crippen molar-refractivity contribution in [3.8, 4) is 5.88 Å². The Morgan fingerprint density at radius 1 is 1.32 bits per heavy atom. The third-order valence-electron chi connectivity index (χ3n) is 2.26. The highest BCUT2D eigenvalue weighted by Gasteiger charge is 2.11. The van der Waals surface area contributed by atoms with Gasteiger partial charge in [-0.05, 0) is 18.2 Å². The lowest BCUT2D eigenvalue weighted by atomic mass is 10.2. The number of rotatable bonds is 4. The molecule has 1 amide bonds. The minimum atomic E-state index is -1.02. The first-order valence-electron chi connectivity index (χ1n) is 5.24. The van der Waals surface area contributed by atoms with Crippen LogP contribution in [0.4, 0.5) is 5.00 Å². The quantitative estimate of drug-likeness (QED) is 0.894. The summed E-state index contributed by atoms with van der Waals surface area (Å²) >= 11 is 0.995. The van der Waals surface area contributed by atoms with E-state index in [4.69, 9.17) is 9.84 Å². The van der Waals surface area contributed by atoms with Gasteiger partial charge in [-0.2, -0.15) is 0 Å². The van der Waals surface area contributed by atoms with E-state index < -0.39 is 5.97 Å². The summed E-state index contributed by atoms with van der Waals surface area (Å²) < 4.78 is 4.89. The van der Waals surface area contributed by atoms with Gasteiger partial charge in [-0.3, -0.25) is 4.79 Å². The molecule has 0 aliphatic heterocycles. The van der Waals surface area contributed by atoms with Crippen molar-refractivity contribution in [3.63, 3.8) is 0 Å². The van der Waals surface area contributed by atoms with E-state index in [0.29, 0.717) is 16.4 Å². The number of thiophene rings is 1. The van der Waals surface area contributed by atoms with E-state index in [1.54, 1.807) is 18.2 Å². The SMILES string of the molecule is COc1ccc(C(=O)Nc2ccc(C(=O)O)s2)cn1. The smallest absolute Gasteiger partial charge is 0.345 e. The van der Waals surface area contributed by atoms with Gasteiger partial charge < -0.3 is 15.2 Å². The van der Waals surface area contributed by atoms with E-state index in [1.165, 1.54) is 19.4 Å². The number of carboxylic acids is 1. The van der Waals surface area contributed by atoms with Crippen molar-refractivity contribution < 1.29 is 19.4 Å². The van der Waals surface area contributed by atoms with Crippen molar-refractivity contribution in [2.75, 3.05) is 12.4 Å². The molecule has 98 valence electrons. The highest BCUT2D eigenvalue weighted by molar-refractivity contribution is 7.18. The van der Waals surface area contributed by atoms with Crippen molar-refractivity contribution in [2.24, 2.45) is 0 Å². The molecule has 0 saturated carbocycles. The predicted octanol–water partition coefficient (Wildman–Crippen LogP) is 2.10. The van der Waals surface area contributed by atoms with Gasteiger partial charge >= 0.3 is 5.97 Å². The lowest BCUT2D eigenvalue weighted by molar-refractivity contribution is 0.0702. The van der Waals surface area contributed by atoms with Crippen LogP contribution in [0.25, 0.3) is 0 Å². The number of anilines is 1. The van der Waals surface area contributed by atoms with Crippen LogP contribution in [0.15, 0.2) is 30.5 Å². The second-order valence-corrected chi connectivity index (χ2v) is 4.60. The van der Waals surface area contributed by atoms with Gasteiger partial charge in [-0.15, -0.1) is 11.3 Å². The summed E-state index contributed by atoms with van der Waals surface area (Å²) in [4.78, 5) is 26.7. The minimum Gasteiger partial charge on any atom is -0.481 e. The van der Waals surface area contributed by atoms with Crippen LogP contribution in [0.2, 0.25) is 0 Å². The Bertz CT molecular complexity index is 606. The number of nitrogens with one attached hydrogen (secondary N) is 1. The van der Waals surface area contributed by atoms with Crippen LogP contribution in [-0.4, -0.2) is 29.1 Å². The number of aromatic carboxylic acids is 1. The monoisotopic (exact) mass is 278 g/mol. The van der Waals surface area contributed by atoms with Gasteiger partial charge in [0.15, 0.2) is 0 Å². The van der Waals surface area contributed by atoms with Crippen molar-refractivity contribution in [3.05, 3.63) is 40.9 Å². The molecule has 2 rings (SSSR count). The first-order valence-corrected chi connectivity index (χ1v) is 6.06. The van der Waals surface area contributed by atoms with Crippen molar-refractivity contribution in [1.82, 2.24) is 4.98 Å². The zero-order chi connectivity index (χ0) is 13.8. The van der Waals surface area contributed by atoms with Crippen molar-refractivity contribution >= 4 is 28.2 Å².